The fourth-order valence-corrected chi connectivity index (χ4v) is 2.69. The van der Waals surface area contributed by atoms with Gasteiger partial charge in [0.15, 0.2) is 0 Å². The van der Waals surface area contributed by atoms with E-state index in [0.717, 1.165) is 24.8 Å². The first-order valence-corrected chi connectivity index (χ1v) is 7.69. The average Bonchev–Trinajstić information content (AvgIpc) is 3.28. The second-order valence-electron chi connectivity index (χ2n) is 6.03. The van der Waals surface area contributed by atoms with E-state index in [4.69, 9.17) is 0 Å². The maximum atomic E-state index is 14.0. The first-order valence-electron chi connectivity index (χ1n) is 7.69. The number of piperidine rings is 1. The van der Waals surface area contributed by atoms with Crippen molar-refractivity contribution in [2.75, 3.05) is 11.4 Å². The molecule has 118 valence electrons. The van der Waals surface area contributed by atoms with Crippen LogP contribution in [0.5, 0.6) is 0 Å². The van der Waals surface area contributed by atoms with Crippen LogP contribution in [0.25, 0.3) is 0 Å². The molecule has 0 spiro atoms. The van der Waals surface area contributed by atoms with Crippen LogP contribution in [0.3, 0.4) is 0 Å². The number of hydrogen-bond donors (Lipinski definition) is 2. The van der Waals surface area contributed by atoms with Gasteiger partial charge in [0.2, 0.25) is 5.91 Å². The summed E-state index contributed by atoms with van der Waals surface area (Å²) in [6.07, 6.45) is 3.30. The number of anilines is 1. The maximum absolute atomic E-state index is 14.0. The fourth-order valence-electron chi connectivity index (χ4n) is 2.69. The Morgan fingerprint density at radius 3 is 2.77 bits per heavy atom. The molecular formula is C16H20FN3O2. The van der Waals surface area contributed by atoms with E-state index in [1.165, 1.54) is 11.0 Å². The molecule has 3 amide bonds. The van der Waals surface area contributed by atoms with Gasteiger partial charge >= 0.3 is 6.03 Å². The predicted molar refractivity (Wildman–Crippen MR) is 81.2 cm³/mol. The minimum absolute atomic E-state index is 0.240. The molecule has 2 aliphatic rings. The van der Waals surface area contributed by atoms with Gasteiger partial charge < -0.3 is 15.5 Å². The van der Waals surface area contributed by atoms with Crippen molar-refractivity contribution in [3.8, 4) is 0 Å². The zero-order valence-electron chi connectivity index (χ0n) is 12.6. The quantitative estimate of drug-likeness (QED) is 0.898. The van der Waals surface area contributed by atoms with Gasteiger partial charge in [-0.05, 0) is 50.3 Å². The maximum Gasteiger partial charge on any atom is 0.315 e. The van der Waals surface area contributed by atoms with Crippen molar-refractivity contribution in [3.63, 3.8) is 0 Å². The normalized spacial score (nSPS) is 21.6. The Hall–Kier alpha value is -2.11. The van der Waals surface area contributed by atoms with Gasteiger partial charge in [-0.2, -0.15) is 0 Å². The smallest absolute Gasteiger partial charge is 0.315 e. The highest BCUT2D eigenvalue weighted by atomic mass is 19.1. The van der Waals surface area contributed by atoms with Crippen LogP contribution < -0.4 is 15.5 Å². The van der Waals surface area contributed by atoms with Crippen LogP contribution in [0.2, 0.25) is 0 Å². The third-order valence-electron chi connectivity index (χ3n) is 4.05. The zero-order chi connectivity index (χ0) is 15.7. The summed E-state index contributed by atoms with van der Waals surface area (Å²) in [5.41, 5.74) is 1.19. The lowest BCUT2D eigenvalue weighted by Gasteiger charge is -2.33. The van der Waals surface area contributed by atoms with Crippen LogP contribution in [-0.2, 0) is 4.79 Å². The van der Waals surface area contributed by atoms with E-state index in [9.17, 15) is 14.0 Å². The predicted octanol–water partition coefficient (Wildman–Crippen LogP) is 2.09. The molecule has 0 radical (unpaired) electrons. The summed E-state index contributed by atoms with van der Waals surface area (Å²) in [4.78, 5) is 25.8. The molecule has 1 aliphatic carbocycles. The molecule has 0 aromatic heterocycles. The van der Waals surface area contributed by atoms with E-state index in [2.05, 4.69) is 10.6 Å². The summed E-state index contributed by atoms with van der Waals surface area (Å²) >= 11 is 0. The minimum atomic E-state index is -0.590. The number of amides is 3. The Balaban J connectivity index is 1.71. The largest absolute Gasteiger partial charge is 0.335 e. The summed E-state index contributed by atoms with van der Waals surface area (Å²) in [6, 6.07) is 4.05. The first kappa shape index (κ1) is 14.8. The molecule has 22 heavy (non-hydrogen) atoms. The summed E-state index contributed by atoms with van der Waals surface area (Å²) in [7, 11) is 0. The van der Waals surface area contributed by atoms with Gasteiger partial charge in [0.05, 0.1) is 5.69 Å². The van der Waals surface area contributed by atoms with Crippen molar-refractivity contribution in [2.24, 2.45) is 0 Å². The lowest BCUT2D eigenvalue weighted by Crippen LogP contribution is -2.54. The fraction of sp³-hybridized carbons (Fsp3) is 0.500. The molecule has 2 fully saturated rings. The number of halogens is 1. The molecule has 3 rings (SSSR count). The van der Waals surface area contributed by atoms with E-state index < -0.39 is 11.9 Å². The lowest BCUT2D eigenvalue weighted by atomic mass is 10.0. The van der Waals surface area contributed by atoms with Crippen molar-refractivity contribution in [1.29, 1.82) is 0 Å². The number of hydrogen-bond acceptors (Lipinski definition) is 2. The number of nitrogens with one attached hydrogen (secondary N) is 2. The molecule has 1 aromatic carbocycles. The van der Waals surface area contributed by atoms with Crippen LogP contribution in [-0.4, -0.2) is 30.6 Å². The molecular weight excluding hydrogens is 285 g/mol. The van der Waals surface area contributed by atoms with Crippen LogP contribution in [0.4, 0.5) is 14.9 Å². The molecule has 1 unspecified atom stereocenters. The number of carbonyl (C=O) groups is 2. The van der Waals surface area contributed by atoms with Crippen LogP contribution >= 0.6 is 0 Å². The Bertz CT molecular complexity index is 601. The van der Waals surface area contributed by atoms with E-state index in [1.807, 2.05) is 6.92 Å². The first-order chi connectivity index (χ1) is 10.5. The highest BCUT2D eigenvalue weighted by Crippen LogP contribution is 2.25. The van der Waals surface area contributed by atoms with Crippen molar-refractivity contribution < 1.29 is 14.0 Å². The molecule has 1 aliphatic heterocycles. The van der Waals surface area contributed by atoms with Gasteiger partial charge in [-0.1, -0.05) is 6.07 Å². The number of carbonyl (C=O) groups excluding carboxylic acids is 2. The number of benzene rings is 1. The van der Waals surface area contributed by atoms with Crippen LogP contribution in [0, 0.1) is 12.7 Å². The van der Waals surface area contributed by atoms with Gasteiger partial charge in [0.1, 0.15) is 11.9 Å². The van der Waals surface area contributed by atoms with Gasteiger partial charge in [-0.15, -0.1) is 0 Å². The van der Waals surface area contributed by atoms with Gasteiger partial charge in [0.25, 0.3) is 0 Å². The minimum Gasteiger partial charge on any atom is -0.335 e. The molecule has 1 heterocycles. The van der Waals surface area contributed by atoms with E-state index in [0.29, 0.717) is 18.7 Å². The van der Waals surface area contributed by atoms with Crippen LogP contribution in [0.1, 0.15) is 31.2 Å². The SMILES string of the molecule is Cc1ccc(F)c(N2CCCC(NC(=O)NC3CC3)C2=O)c1. The lowest BCUT2D eigenvalue weighted by molar-refractivity contribution is -0.121. The molecule has 0 bridgehead atoms. The Morgan fingerprint density at radius 2 is 2.05 bits per heavy atom. The number of nitrogens with zero attached hydrogens (tertiary/aromatic N) is 1. The third kappa shape index (κ3) is 3.21. The highest BCUT2D eigenvalue weighted by Gasteiger charge is 2.33. The van der Waals surface area contributed by atoms with Crippen molar-refractivity contribution in [3.05, 3.63) is 29.6 Å². The molecule has 5 nitrogen and oxygen atoms in total. The third-order valence-corrected chi connectivity index (χ3v) is 4.05. The Kier molecular flexibility index (Phi) is 4.00. The van der Waals surface area contributed by atoms with Crippen molar-refractivity contribution >= 4 is 17.6 Å². The number of urea groups is 1. The molecule has 6 heteroatoms. The van der Waals surface area contributed by atoms with Crippen LogP contribution in [0.15, 0.2) is 18.2 Å². The monoisotopic (exact) mass is 305 g/mol. The van der Waals surface area contributed by atoms with Gasteiger partial charge in [0, 0.05) is 12.6 Å². The molecule has 1 atom stereocenters. The summed E-state index contributed by atoms with van der Waals surface area (Å²) < 4.78 is 14.0. The van der Waals surface area contributed by atoms with Crippen molar-refractivity contribution in [2.45, 2.75) is 44.7 Å². The Labute approximate surface area is 128 Å². The summed E-state index contributed by atoms with van der Waals surface area (Å²) in [5.74, 6) is -0.663. The van der Waals surface area contributed by atoms with Crippen molar-refractivity contribution in [1.82, 2.24) is 10.6 Å². The average molecular weight is 305 g/mol. The molecule has 1 saturated heterocycles. The zero-order valence-corrected chi connectivity index (χ0v) is 12.6. The number of aryl methyl sites for hydroxylation is 1. The second kappa shape index (κ2) is 5.94. The molecule has 1 saturated carbocycles. The van der Waals surface area contributed by atoms with E-state index in [1.54, 1.807) is 12.1 Å². The topological polar surface area (TPSA) is 61.4 Å². The molecule has 1 aromatic rings. The standard InChI is InChI=1S/C16H20FN3O2/c1-10-4-7-12(17)14(9-10)20-8-2-3-13(15(20)21)19-16(22)18-11-5-6-11/h4,7,9,11,13H,2-3,5-6,8H2,1H3,(H2,18,19,22). The summed E-state index contributed by atoms with van der Waals surface area (Å²) in [5, 5.41) is 5.51. The van der Waals surface area contributed by atoms with Gasteiger partial charge in [-0.3, -0.25) is 4.79 Å². The number of rotatable bonds is 3. The second-order valence-corrected chi connectivity index (χ2v) is 6.03. The van der Waals surface area contributed by atoms with E-state index >= 15 is 0 Å². The highest BCUT2D eigenvalue weighted by molar-refractivity contribution is 5.99. The molecule has 2 N–H and O–H groups in total. The Morgan fingerprint density at radius 1 is 1.27 bits per heavy atom. The van der Waals surface area contributed by atoms with Gasteiger partial charge in [-0.25, -0.2) is 9.18 Å². The summed E-state index contributed by atoms with van der Waals surface area (Å²) in [6.45, 7) is 2.33. The van der Waals surface area contributed by atoms with E-state index in [-0.39, 0.29) is 18.0 Å².